The number of amides is 1. The molecule has 0 aliphatic carbocycles. The van der Waals surface area contributed by atoms with Gasteiger partial charge in [0.1, 0.15) is 6.54 Å². The standard InChI is InChI=1S/C8H14N2O3/c9-6-3-1-2-4-10(8(6)13)5-7(11)12/h6H,1-5,9H2,(H,11,12)/t6-/m0/s1. The van der Waals surface area contributed by atoms with Crippen LogP contribution in [0.5, 0.6) is 0 Å². The van der Waals surface area contributed by atoms with Crippen LogP contribution in [0.3, 0.4) is 0 Å². The molecule has 1 saturated heterocycles. The van der Waals surface area contributed by atoms with E-state index >= 15 is 0 Å². The van der Waals surface area contributed by atoms with Gasteiger partial charge in [-0.15, -0.1) is 0 Å². The van der Waals surface area contributed by atoms with Crippen molar-refractivity contribution in [3.05, 3.63) is 0 Å². The van der Waals surface area contributed by atoms with Crippen molar-refractivity contribution < 1.29 is 14.7 Å². The lowest BCUT2D eigenvalue weighted by atomic mass is 10.1. The number of carbonyl (C=O) groups excluding carboxylic acids is 1. The topological polar surface area (TPSA) is 83.6 Å². The van der Waals surface area contributed by atoms with Crippen LogP contribution in [0.1, 0.15) is 19.3 Å². The molecule has 1 rings (SSSR count). The summed E-state index contributed by atoms with van der Waals surface area (Å²) in [6.07, 6.45) is 2.39. The lowest BCUT2D eigenvalue weighted by Crippen LogP contribution is -2.44. The molecule has 0 unspecified atom stereocenters. The molecule has 0 bridgehead atoms. The predicted molar refractivity (Wildman–Crippen MR) is 46.0 cm³/mol. The van der Waals surface area contributed by atoms with Gasteiger partial charge in [0.15, 0.2) is 0 Å². The number of hydrogen-bond acceptors (Lipinski definition) is 3. The average Bonchev–Trinajstić information content (AvgIpc) is 2.19. The molecule has 74 valence electrons. The number of rotatable bonds is 2. The first kappa shape index (κ1) is 9.98. The van der Waals surface area contributed by atoms with Crippen molar-refractivity contribution in [2.24, 2.45) is 5.73 Å². The first-order chi connectivity index (χ1) is 6.11. The number of nitrogens with zero attached hydrogens (tertiary/aromatic N) is 1. The highest BCUT2D eigenvalue weighted by molar-refractivity contribution is 5.85. The minimum absolute atomic E-state index is 0.230. The molecular formula is C8H14N2O3. The van der Waals surface area contributed by atoms with Gasteiger partial charge in [-0.1, -0.05) is 0 Å². The molecule has 1 amide bonds. The van der Waals surface area contributed by atoms with E-state index in [-0.39, 0.29) is 12.5 Å². The van der Waals surface area contributed by atoms with Crippen LogP contribution >= 0.6 is 0 Å². The van der Waals surface area contributed by atoms with Crippen LogP contribution in [-0.2, 0) is 9.59 Å². The Labute approximate surface area is 76.5 Å². The number of aliphatic carboxylic acids is 1. The average molecular weight is 186 g/mol. The number of carboxylic acids is 1. The Morgan fingerprint density at radius 3 is 2.92 bits per heavy atom. The van der Waals surface area contributed by atoms with E-state index in [1.54, 1.807) is 0 Å². The minimum atomic E-state index is -0.984. The maximum Gasteiger partial charge on any atom is 0.323 e. The quantitative estimate of drug-likeness (QED) is 0.603. The third-order valence-electron chi connectivity index (χ3n) is 2.15. The normalized spacial score (nSPS) is 24.2. The third kappa shape index (κ3) is 2.69. The van der Waals surface area contributed by atoms with Crippen LogP contribution in [-0.4, -0.2) is 41.0 Å². The molecule has 1 aliphatic heterocycles. The Kier molecular flexibility index (Phi) is 3.25. The highest BCUT2D eigenvalue weighted by Crippen LogP contribution is 2.09. The molecule has 3 N–H and O–H groups in total. The minimum Gasteiger partial charge on any atom is -0.480 e. The molecule has 1 fully saturated rings. The van der Waals surface area contributed by atoms with E-state index in [9.17, 15) is 9.59 Å². The smallest absolute Gasteiger partial charge is 0.323 e. The lowest BCUT2D eigenvalue weighted by molar-refractivity contribution is -0.144. The Balaban J connectivity index is 2.59. The molecule has 0 spiro atoms. The summed E-state index contributed by atoms with van der Waals surface area (Å²) < 4.78 is 0. The molecule has 0 saturated carbocycles. The molecule has 5 nitrogen and oxygen atoms in total. The molecule has 0 aromatic rings. The molecule has 5 heteroatoms. The number of carboxylic acid groups (broad SMARTS) is 1. The van der Waals surface area contributed by atoms with Crippen molar-refractivity contribution in [3.63, 3.8) is 0 Å². The first-order valence-corrected chi connectivity index (χ1v) is 4.37. The predicted octanol–water partition coefficient (Wildman–Crippen LogP) is -0.589. The van der Waals surface area contributed by atoms with Gasteiger partial charge in [0, 0.05) is 6.54 Å². The molecule has 0 aromatic carbocycles. The first-order valence-electron chi connectivity index (χ1n) is 4.37. The Hall–Kier alpha value is -1.10. The molecule has 1 aliphatic rings. The van der Waals surface area contributed by atoms with Gasteiger partial charge in [-0.05, 0) is 19.3 Å². The van der Waals surface area contributed by atoms with E-state index in [2.05, 4.69) is 0 Å². The van der Waals surface area contributed by atoms with Gasteiger partial charge >= 0.3 is 5.97 Å². The van der Waals surface area contributed by atoms with Gasteiger partial charge in [-0.2, -0.15) is 0 Å². The van der Waals surface area contributed by atoms with Crippen molar-refractivity contribution in [1.29, 1.82) is 0 Å². The van der Waals surface area contributed by atoms with Crippen LogP contribution in [0.15, 0.2) is 0 Å². The highest BCUT2D eigenvalue weighted by Gasteiger charge is 2.24. The van der Waals surface area contributed by atoms with Crippen molar-refractivity contribution in [2.75, 3.05) is 13.1 Å². The van der Waals surface area contributed by atoms with Crippen LogP contribution in [0.25, 0.3) is 0 Å². The van der Waals surface area contributed by atoms with Gasteiger partial charge in [0.05, 0.1) is 6.04 Å². The van der Waals surface area contributed by atoms with Crippen LogP contribution < -0.4 is 5.73 Å². The van der Waals surface area contributed by atoms with Gasteiger partial charge in [-0.3, -0.25) is 9.59 Å². The Morgan fingerprint density at radius 1 is 1.62 bits per heavy atom. The number of likely N-dealkylation sites (tertiary alicyclic amines) is 1. The molecule has 1 atom stereocenters. The highest BCUT2D eigenvalue weighted by atomic mass is 16.4. The Bertz CT molecular complexity index is 217. The SMILES string of the molecule is N[C@H]1CCCCN(CC(=O)O)C1=O. The van der Waals surface area contributed by atoms with Gasteiger partial charge in [0.2, 0.25) is 5.91 Å². The van der Waals surface area contributed by atoms with Gasteiger partial charge in [0.25, 0.3) is 0 Å². The fraction of sp³-hybridized carbons (Fsp3) is 0.750. The molecule has 1 heterocycles. The van der Waals surface area contributed by atoms with E-state index in [0.29, 0.717) is 13.0 Å². The van der Waals surface area contributed by atoms with E-state index in [1.165, 1.54) is 4.90 Å². The van der Waals surface area contributed by atoms with E-state index < -0.39 is 12.0 Å². The van der Waals surface area contributed by atoms with Crippen molar-refractivity contribution >= 4 is 11.9 Å². The summed E-state index contributed by atoms with van der Waals surface area (Å²) in [5.41, 5.74) is 5.56. The summed E-state index contributed by atoms with van der Waals surface area (Å²) >= 11 is 0. The summed E-state index contributed by atoms with van der Waals surface area (Å²) in [6, 6.07) is -0.512. The van der Waals surface area contributed by atoms with Gasteiger partial charge < -0.3 is 15.7 Å². The fourth-order valence-electron chi connectivity index (χ4n) is 1.46. The summed E-state index contributed by atoms with van der Waals surface area (Å²) in [4.78, 5) is 23.1. The summed E-state index contributed by atoms with van der Waals surface area (Å²) in [5, 5.41) is 8.53. The maximum atomic E-state index is 11.4. The van der Waals surface area contributed by atoms with E-state index in [1.807, 2.05) is 0 Å². The van der Waals surface area contributed by atoms with Crippen molar-refractivity contribution in [3.8, 4) is 0 Å². The largest absolute Gasteiger partial charge is 0.480 e. The summed E-state index contributed by atoms with van der Waals surface area (Å²) in [7, 11) is 0. The van der Waals surface area contributed by atoms with Crippen LogP contribution in [0.4, 0.5) is 0 Å². The van der Waals surface area contributed by atoms with E-state index in [4.69, 9.17) is 10.8 Å². The number of nitrogens with two attached hydrogens (primary N) is 1. The third-order valence-corrected chi connectivity index (χ3v) is 2.15. The number of carbonyl (C=O) groups is 2. The van der Waals surface area contributed by atoms with E-state index in [0.717, 1.165) is 12.8 Å². The summed E-state index contributed by atoms with van der Waals surface area (Å²) in [6.45, 7) is 0.283. The maximum absolute atomic E-state index is 11.4. The monoisotopic (exact) mass is 186 g/mol. The van der Waals surface area contributed by atoms with Gasteiger partial charge in [-0.25, -0.2) is 0 Å². The second-order valence-electron chi connectivity index (χ2n) is 3.26. The van der Waals surface area contributed by atoms with Crippen LogP contribution in [0.2, 0.25) is 0 Å². The van der Waals surface area contributed by atoms with Crippen molar-refractivity contribution in [1.82, 2.24) is 4.90 Å². The number of hydrogen-bond donors (Lipinski definition) is 2. The Morgan fingerprint density at radius 2 is 2.31 bits per heavy atom. The lowest BCUT2D eigenvalue weighted by Gasteiger charge is -2.20. The molecule has 0 radical (unpaired) electrons. The molecule has 0 aromatic heterocycles. The second kappa shape index (κ2) is 4.23. The fourth-order valence-corrected chi connectivity index (χ4v) is 1.46. The zero-order chi connectivity index (χ0) is 9.84. The molecule has 13 heavy (non-hydrogen) atoms. The van der Waals surface area contributed by atoms with Crippen molar-refractivity contribution in [2.45, 2.75) is 25.3 Å². The van der Waals surface area contributed by atoms with Crippen LogP contribution in [0, 0.1) is 0 Å². The molecular weight excluding hydrogens is 172 g/mol. The summed E-state index contributed by atoms with van der Waals surface area (Å²) in [5.74, 6) is -1.22. The zero-order valence-electron chi connectivity index (χ0n) is 7.40. The zero-order valence-corrected chi connectivity index (χ0v) is 7.40. The second-order valence-corrected chi connectivity index (χ2v) is 3.26.